The van der Waals surface area contributed by atoms with Gasteiger partial charge in [-0.05, 0) is 58.8 Å². The van der Waals surface area contributed by atoms with Gasteiger partial charge in [0.05, 0.1) is 0 Å². The minimum absolute atomic E-state index is 0.202. The Balaban J connectivity index is 2.13. The van der Waals surface area contributed by atoms with E-state index in [4.69, 9.17) is 0 Å². The van der Waals surface area contributed by atoms with Crippen molar-refractivity contribution in [3.05, 3.63) is 35.5 Å². The number of rotatable bonds is 3. The van der Waals surface area contributed by atoms with E-state index < -0.39 is 0 Å². The first-order valence-corrected chi connectivity index (χ1v) is 7.27. The molecule has 0 amide bonds. The third-order valence-electron chi connectivity index (χ3n) is 4.81. The van der Waals surface area contributed by atoms with Crippen LogP contribution >= 0.6 is 0 Å². The Kier molecular flexibility index (Phi) is 2.94. The second kappa shape index (κ2) is 4.38. The zero-order valence-corrected chi connectivity index (χ0v) is 12.5. The van der Waals surface area contributed by atoms with Gasteiger partial charge in [-0.1, -0.05) is 18.2 Å². The summed E-state index contributed by atoms with van der Waals surface area (Å²) < 4.78 is 2.54. The fraction of sp³-hybridized carbons (Fsp3) is 0.529. The highest BCUT2D eigenvalue weighted by Gasteiger charge is 2.27. The van der Waals surface area contributed by atoms with Crippen LogP contribution in [0.25, 0.3) is 10.9 Å². The Bertz CT molecular complexity index is 605. The second-order valence-electron chi connectivity index (χ2n) is 6.58. The smallest absolute Gasteiger partial charge is 0.0485 e. The van der Waals surface area contributed by atoms with Crippen LogP contribution in [0.5, 0.6) is 0 Å². The van der Waals surface area contributed by atoms with Crippen LogP contribution in [0.3, 0.4) is 0 Å². The molecule has 19 heavy (non-hydrogen) atoms. The largest absolute Gasteiger partial charge is 0.344 e. The summed E-state index contributed by atoms with van der Waals surface area (Å²) in [7, 11) is 4.36. The summed E-state index contributed by atoms with van der Waals surface area (Å²) in [6.07, 6.45) is 3.67. The molecule has 0 aliphatic carbocycles. The predicted octanol–water partition coefficient (Wildman–Crippen LogP) is 3.47. The highest BCUT2D eigenvalue weighted by atomic mass is 15.1. The van der Waals surface area contributed by atoms with Crippen molar-refractivity contribution in [3.63, 3.8) is 0 Å². The molecule has 1 aliphatic rings. The van der Waals surface area contributed by atoms with Crippen molar-refractivity contribution in [1.82, 2.24) is 9.47 Å². The van der Waals surface area contributed by atoms with Gasteiger partial charge in [-0.3, -0.25) is 0 Å². The molecule has 0 radical (unpaired) electrons. The van der Waals surface area contributed by atoms with Gasteiger partial charge in [0.2, 0.25) is 0 Å². The van der Waals surface area contributed by atoms with Crippen molar-refractivity contribution in [2.24, 2.45) is 0 Å². The van der Waals surface area contributed by atoms with Crippen LogP contribution in [-0.2, 0) is 19.4 Å². The molecular weight excluding hydrogens is 232 g/mol. The van der Waals surface area contributed by atoms with E-state index in [9.17, 15) is 0 Å². The molecule has 0 saturated heterocycles. The number of hydrogen-bond acceptors (Lipinski definition) is 1. The molecule has 2 aromatic rings. The van der Waals surface area contributed by atoms with Crippen molar-refractivity contribution in [2.45, 2.75) is 45.2 Å². The summed E-state index contributed by atoms with van der Waals surface area (Å²) >= 11 is 0. The van der Waals surface area contributed by atoms with Crippen molar-refractivity contribution in [2.75, 3.05) is 14.1 Å². The van der Waals surface area contributed by atoms with E-state index in [-0.39, 0.29) is 5.54 Å². The molecule has 1 aromatic carbocycles. The fourth-order valence-corrected chi connectivity index (χ4v) is 3.16. The maximum atomic E-state index is 2.54. The first-order valence-electron chi connectivity index (χ1n) is 7.27. The van der Waals surface area contributed by atoms with Gasteiger partial charge >= 0.3 is 0 Å². The normalized spacial score (nSPS) is 15.4. The molecule has 1 aromatic heterocycles. The Morgan fingerprint density at radius 2 is 1.95 bits per heavy atom. The van der Waals surface area contributed by atoms with E-state index in [1.807, 2.05) is 0 Å². The number of benzene rings is 1. The summed E-state index contributed by atoms with van der Waals surface area (Å²) in [5.41, 5.74) is 4.79. The first kappa shape index (κ1) is 12.7. The van der Waals surface area contributed by atoms with E-state index in [0.717, 1.165) is 6.42 Å². The molecule has 1 aliphatic heterocycles. The zero-order valence-electron chi connectivity index (χ0n) is 12.5. The molecule has 2 heterocycles. The summed E-state index contributed by atoms with van der Waals surface area (Å²) in [6.45, 7) is 5.86. The van der Waals surface area contributed by atoms with E-state index in [0.29, 0.717) is 0 Å². The molecule has 0 bridgehead atoms. The lowest BCUT2D eigenvalue weighted by Gasteiger charge is -2.33. The lowest BCUT2D eigenvalue weighted by atomic mass is 9.91. The monoisotopic (exact) mass is 256 g/mol. The fourth-order valence-electron chi connectivity index (χ4n) is 3.16. The molecule has 2 nitrogen and oxygen atoms in total. The molecule has 0 spiro atoms. The maximum Gasteiger partial charge on any atom is 0.0485 e. The van der Waals surface area contributed by atoms with Gasteiger partial charge in [0, 0.05) is 28.7 Å². The molecule has 3 rings (SSSR count). The van der Waals surface area contributed by atoms with Crippen LogP contribution in [0.4, 0.5) is 0 Å². The van der Waals surface area contributed by atoms with Crippen LogP contribution in [0.15, 0.2) is 24.3 Å². The van der Waals surface area contributed by atoms with Gasteiger partial charge in [-0.15, -0.1) is 0 Å². The average Bonchev–Trinajstić information content (AvgIpc) is 2.93. The first-order chi connectivity index (χ1) is 9.00. The Hall–Kier alpha value is -1.28. The molecule has 0 fully saturated rings. The van der Waals surface area contributed by atoms with Crippen LogP contribution in [0, 0.1) is 0 Å². The van der Waals surface area contributed by atoms with Gasteiger partial charge in [0.1, 0.15) is 0 Å². The van der Waals surface area contributed by atoms with Crippen molar-refractivity contribution in [3.8, 4) is 0 Å². The number of fused-ring (bicyclic) bond motifs is 3. The summed E-state index contributed by atoms with van der Waals surface area (Å²) in [4.78, 5) is 2.33. The number of hydrogen-bond donors (Lipinski definition) is 0. The summed E-state index contributed by atoms with van der Waals surface area (Å²) in [5, 5.41) is 1.46. The Morgan fingerprint density at radius 1 is 1.21 bits per heavy atom. The minimum Gasteiger partial charge on any atom is -0.344 e. The maximum absolute atomic E-state index is 2.54. The minimum atomic E-state index is 0.202. The molecular formula is C17H24N2. The zero-order chi connectivity index (χ0) is 13.6. The van der Waals surface area contributed by atoms with Crippen molar-refractivity contribution >= 4 is 10.9 Å². The molecule has 0 unspecified atom stereocenters. The highest BCUT2D eigenvalue weighted by molar-refractivity contribution is 5.86. The van der Waals surface area contributed by atoms with Gasteiger partial charge in [-0.25, -0.2) is 0 Å². The Labute approximate surface area is 116 Å². The number of likely N-dealkylation sites (N-methyl/N-ethyl adjacent to an activating group) is 1. The van der Waals surface area contributed by atoms with Gasteiger partial charge < -0.3 is 9.47 Å². The Morgan fingerprint density at radius 3 is 2.68 bits per heavy atom. The molecule has 2 heteroatoms. The van der Waals surface area contributed by atoms with E-state index in [1.54, 1.807) is 11.3 Å². The SMILES string of the molecule is CN(C)C(C)(C)Cc1c2n(c3ccccc13)CCC2. The van der Waals surface area contributed by atoms with Gasteiger partial charge in [-0.2, -0.15) is 0 Å². The predicted molar refractivity (Wildman–Crippen MR) is 81.7 cm³/mol. The quantitative estimate of drug-likeness (QED) is 0.816. The van der Waals surface area contributed by atoms with Crippen molar-refractivity contribution < 1.29 is 0 Å². The lowest BCUT2D eigenvalue weighted by molar-refractivity contribution is 0.195. The van der Waals surface area contributed by atoms with Crippen molar-refractivity contribution in [1.29, 1.82) is 0 Å². The number of aromatic nitrogens is 1. The lowest BCUT2D eigenvalue weighted by Crippen LogP contribution is -2.40. The highest BCUT2D eigenvalue weighted by Crippen LogP contribution is 2.34. The number of aryl methyl sites for hydroxylation is 1. The summed E-state index contributed by atoms with van der Waals surface area (Å²) in [6, 6.07) is 8.90. The molecule has 102 valence electrons. The van der Waals surface area contributed by atoms with Crippen LogP contribution in [0.1, 0.15) is 31.5 Å². The molecule has 0 saturated carbocycles. The van der Waals surface area contributed by atoms with E-state index in [2.05, 4.69) is 61.7 Å². The standard InChI is InChI=1S/C17H24N2/c1-17(2,18(3)4)12-14-13-8-5-6-9-15(13)19-11-7-10-16(14)19/h5-6,8-9H,7,10-12H2,1-4H3. The second-order valence-corrected chi connectivity index (χ2v) is 6.58. The van der Waals surface area contributed by atoms with E-state index in [1.165, 1.54) is 30.3 Å². The van der Waals surface area contributed by atoms with E-state index >= 15 is 0 Å². The average molecular weight is 256 g/mol. The number of nitrogens with zero attached hydrogens (tertiary/aromatic N) is 2. The third kappa shape index (κ3) is 1.99. The summed E-state index contributed by atoms with van der Waals surface area (Å²) in [5.74, 6) is 0. The van der Waals surface area contributed by atoms with Gasteiger partial charge in [0.25, 0.3) is 0 Å². The molecule has 0 atom stereocenters. The van der Waals surface area contributed by atoms with Crippen LogP contribution in [-0.4, -0.2) is 29.1 Å². The third-order valence-corrected chi connectivity index (χ3v) is 4.81. The number of para-hydroxylation sites is 1. The van der Waals surface area contributed by atoms with Gasteiger partial charge in [0.15, 0.2) is 0 Å². The van der Waals surface area contributed by atoms with Crippen LogP contribution in [0.2, 0.25) is 0 Å². The molecule has 0 N–H and O–H groups in total. The topological polar surface area (TPSA) is 8.17 Å². The van der Waals surface area contributed by atoms with Crippen LogP contribution < -0.4 is 0 Å².